The fourth-order valence-corrected chi connectivity index (χ4v) is 3.22. The molecule has 0 radical (unpaired) electrons. The Morgan fingerprint density at radius 3 is 2.43 bits per heavy atom. The molecule has 1 aromatic heterocycles. The number of hydrogen-bond donors (Lipinski definition) is 2. The van der Waals surface area contributed by atoms with Crippen molar-refractivity contribution in [2.45, 2.75) is 33.2 Å². The molecule has 2 rings (SSSR count). The van der Waals surface area contributed by atoms with Crippen LogP contribution in [0.4, 0.5) is 11.5 Å². The SMILES string of the molecule is CCCCS(=O)(=O)Nc1ccc(NCc2ccc(C)cc2)cn1. The van der Waals surface area contributed by atoms with Gasteiger partial charge in [0.05, 0.1) is 17.6 Å². The molecule has 5 nitrogen and oxygen atoms in total. The van der Waals surface area contributed by atoms with Gasteiger partial charge in [0.2, 0.25) is 10.0 Å². The van der Waals surface area contributed by atoms with E-state index in [1.165, 1.54) is 11.1 Å². The van der Waals surface area contributed by atoms with Gasteiger partial charge in [-0.1, -0.05) is 43.2 Å². The first-order valence-electron chi connectivity index (χ1n) is 7.74. The zero-order valence-electron chi connectivity index (χ0n) is 13.5. The zero-order valence-corrected chi connectivity index (χ0v) is 14.4. The van der Waals surface area contributed by atoms with E-state index in [9.17, 15) is 8.42 Å². The number of anilines is 2. The summed E-state index contributed by atoms with van der Waals surface area (Å²) in [5.41, 5.74) is 3.26. The third-order valence-electron chi connectivity index (χ3n) is 3.41. The molecule has 0 bridgehead atoms. The van der Waals surface area contributed by atoms with Gasteiger partial charge in [0, 0.05) is 6.54 Å². The van der Waals surface area contributed by atoms with Gasteiger partial charge in [-0.25, -0.2) is 13.4 Å². The molecule has 1 heterocycles. The molecular formula is C17H23N3O2S. The van der Waals surface area contributed by atoms with Gasteiger partial charge in [-0.2, -0.15) is 0 Å². The maximum absolute atomic E-state index is 11.8. The van der Waals surface area contributed by atoms with Crippen molar-refractivity contribution in [3.05, 3.63) is 53.7 Å². The summed E-state index contributed by atoms with van der Waals surface area (Å²) in [4.78, 5) is 4.15. The Hall–Kier alpha value is -2.08. The standard InChI is InChI=1S/C17H23N3O2S/c1-3-4-11-23(21,22)20-17-10-9-16(13-19-17)18-12-15-7-5-14(2)6-8-15/h5-10,13,18H,3-4,11-12H2,1-2H3,(H,19,20). The second kappa shape index (κ2) is 7.97. The highest BCUT2D eigenvalue weighted by atomic mass is 32.2. The van der Waals surface area contributed by atoms with Crippen LogP contribution < -0.4 is 10.0 Å². The van der Waals surface area contributed by atoms with Gasteiger partial charge in [0.25, 0.3) is 0 Å². The highest BCUT2D eigenvalue weighted by molar-refractivity contribution is 7.92. The molecule has 0 unspecified atom stereocenters. The predicted molar refractivity (Wildman–Crippen MR) is 95.1 cm³/mol. The van der Waals surface area contributed by atoms with Crippen LogP contribution in [0.15, 0.2) is 42.6 Å². The van der Waals surface area contributed by atoms with Crippen molar-refractivity contribution in [2.75, 3.05) is 15.8 Å². The molecule has 1 aromatic carbocycles. The molecule has 0 saturated heterocycles. The number of sulfonamides is 1. The second-order valence-corrected chi connectivity index (χ2v) is 7.39. The molecule has 0 spiro atoms. The van der Waals surface area contributed by atoms with Gasteiger partial charge in [-0.15, -0.1) is 0 Å². The van der Waals surface area contributed by atoms with E-state index >= 15 is 0 Å². The zero-order chi connectivity index (χ0) is 16.7. The molecule has 124 valence electrons. The van der Waals surface area contributed by atoms with Crippen LogP contribution in [-0.4, -0.2) is 19.2 Å². The van der Waals surface area contributed by atoms with Crippen molar-refractivity contribution in [3.8, 4) is 0 Å². The highest BCUT2D eigenvalue weighted by Gasteiger charge is 2.10. The number of benzene rings is 1. The Balaban J connectivity index is 1.90. The van der Waals surface area contributed by atoms with Crippen LogP contribution in [0.3, 0.4) is 0 Å². The third-order valence-corrected chi connectivity index (χ3v) is 4.75. The maximum atomic E-state index is 11.8. The number of hydrogen-bond acceptors (Lipinski definition) is 4. The maximum Gasteiger partial charge on any atom is 0.233 e. The van der Waals surface area contributed by atoms with E-state index in [0.29, 0.717) is 18.8 Å². The van der Waals surface area contributed by atoms with E-state index in [1.54, 1.807) is 12.3 Å². The van der Waals surface area contributed by atoms with Crippen molar-refractivity contribution >= 4 is 21.5 Å². The van der Waals surface area contributed by atoms with Gasteiger partial charge in [0.15, 0.2) is 0 Å². The Morgan fingerprint density at radius 2 is 1.83 bits per heavy atom. The summed E-state index contributed by atoms with van der Waals surface area (Å²) >= 11 is 0. The van der Waals surface area contributed by atoms with Gasteiger partial charge < -0.3 is 5.32 Å². The summed E-state index contributed by atoms with van der Waals surface area (Å²) < 4.78 is 26.1. The lowest BCUT2D eigenvalue weighted by Gasteiger charge is -2.09. The average Bonchev–Trinajstić information content (AvgIpc) is 2.53. The Bertz CT molecular complexity index is 711. The molecule has 2 aromatic rings. The van der Waals surface area contributed by atoms with Crippen LogP contribution in [0.5, 0.6) is 0 Å². The number of aryl methyl sites for hydroxylation is 1. The molecule has 0 aliphatic carbocycles. The molecule has 0 fully saturated rings. The first kappa shape index (κ1) is 17.3. The molecule has 0 saturated carbocycles. The van der Waals surface area contributed by atoms with Crippen LogP contribution >= 0.6 is 0 Å². The van der Waals surface area contributed by atoms with E-state index in [2.05, 4.69) is 46.2 Å². The monoisotopic (exact) mass is 333 g/mol. The summed E-state index contributed by atoms with van der Waals surface area (Å²) in [6.07, 6.45) is 3.12. The minimum Gasteiger partial charge on any atom is -0.380 e. The summed E-state index contributed by atoms with van der Waals surface area (Å²) in [7, 11) is -3.30. The smallest absolute Gasteiger partial charge is 0.233 e. The number of nitrogens with one attached hydrogen (secondary N) is 2. The average molecular weight is 333 g/mol. The lowest BCUT2D eigenvalue weighted by atomic mass is 10.1. The lowest BCUT2D eigenvalue weighted by Crippen LogP contribution is -2.17. The van der Waals surface area contributed by atoms with Crippen LogP contribution in [0, 0.1) is 6.92 Å². The summed E-state index contributed by atoms with van der Waals surface area (Å²) in [6, 6.07) is 11.8. The number of aromatic nitrogens is 1. The predicted octanol–water partition coefficient (Wildman–Crippen LogP) is 3.54. The largest absolute Gasteiger partial charge is 0.380 e. The van der Waals surface area contributed by atoms with Gasteiger partial charge >= 0.3 is 0 Å². The van der Waals surface area contributed by atoms with Crippen LogP contribution in [0.2, 0.25) is 0 Å². The minimum absolute atomic E-state index is 0.124. The molecule has 0 amide bonds. The molecule has 0 aliphatic heterocycles. The quantitative estimate of drug-likeness (QED) is 0.775. The normalized spacial score (nSPS) is 11.2. The Kier molecular flexibility index (Phi) is 5.98. The summed E-state index contributed by atoms with van der Waals surface area (Å²) in [5, 5.41) is 3.27. The summed E-state index contributed by atoms with van der Waals surface area (Å²) in [6.45, 7) is 4.72. The van der Waals surface area contributed by atoms with E-state index < -0.39 is 10.0 Å². The molecule has 6 heteroatoms. The number of rotatable bonds is 8. The van der Waals surface area contributed by atoms with E-state index in [-0.39, 0.29) is 5.75 Å². The van der Waals surface area contributed by atoms with Crippen LogP contribution in [0.25, 0.3) is 0 Å². The van der Waals surface area contributed by atoms with Crippen molar-refractivity contribution in [1.29, 1.82) is 0 Å². The van der Waals surface area contributed by atoms with Crippen molar-refractivity contribution in [3.63, 3.8) is 0 Å². The van der Waals surface area contributed by atoms with Crippen molar-refractivity contribution < 1.29 is 8.42 Å². The fourth-order valence-electron chi connectivity index (χ4n) is 2.01. The number of nitrogens with zero attached hydrogens (tertiary/aromatic N) is 1. The van der Waals surface area contributed by atoms with Crippen molar-refractivity contribution in [2.24, 2.45) is 0 Å². The Morgan fingerprint density at radius 1 is 1.09 bits per heavy atom. The van der Waals surface area contributed by atoms with E-state index in [4.69, 9.17) is 0 Å². The molecular weight excluding hydrogens is 310 g/mol. The highest BCUT2D eigenvalue weighted by Crippen LogP contribution is 2.13. The second-order valence-electron chi connectivity index (χ2n) is 5.55. The van der Waals surface area contributed by atoms with E-state index in [0.717, 1.165) is 12.1 Å². The number of unbranched alkanes of at least 4 members (excludes halogenated alkanes) is 1. The summed E-state index contributed by atoms with van der Waals surface area (Å²) in [5.74, 6) is 0.473. The van der Waals surface area contributed by atoms with Gasteiger partial charge in [0.1, 0.15) is 5.82 Å². The van der Waals surface area contributed by atoms with Crippen LogP contribution in [-0.2, 0) is 16.6 Å². The topological polar surface area (TPSA) is 71.1 Å². The molecule has 23 heavy (non-hydrogen) atoms. The van der Waals surface area contributed by atoms with Crippen LogP contribution in [0.1, 0.15) is 30.9 Å². The molecule has 0 aliphatic rings. The molecule has 0 atom stereocenters. The van der Waals surface area contributed by atoms with Gasteiger partial charge in [-0.3, -0.25) is 4.72 Å². The number of pyridine rings is 1. The van der Waals surface area contributed by atoms with E-state index in [1.807, 2.05) is 13.0 Å². The minimum atomic E-state index is -3.30. The van der Waals surface area contributed by atoms with Gasteiger partial charge in [-0.05, 0) is 31.0 Å². The first-order valence-corrected chi connectivity index (χ1v) is 9.40. The van der Waals surface area contributed by atoms with Crippen molar-refractivity contribution in [1.82, 2.24) is 4.98 Å². The lowest BCUT2D eigenvalue weighted by molar-refractivity contribution is 0.597. The third kappa shape index (κ3) is 5.90. The first-order chi connectivity index (χ1) is 11.0. The Labute approximate surface area is 138 Å². The fraction of sp³-hybridized carbons (Fsp3) is 0.353. The molecule has 2 N–H and O–H groups in total.